The van der Waals surface area contributed by atoms with Gasteiger partial charge in [0.2, 0.25) is 0 Å². The molecular formula is C11H14FNO. The summed E-state index contributed by atoms with van der Waals surface area (Å²) in [6, 6.07) is 6.42. The quantitative estimate of drug-likeness (QED) is 0.757. The van der Waals surface area contributed by atoms with Gasteiger partial charge in [-0.05, 0) is 37.5 Å². The molecule has 1 saturated carbocycles. The molecule has 14 heavy (non-hydrogen) atoms. The van der Waals surface area contributed by atoms with Crippen molar-refractivity contribution in [3.63, 3.8) is 0 Å². The molecule has 0 aromatic heterocycles. The summed E-state index contributed by atoms with van der Waals surface area (Å²) in [6.45, 7) is 0. The Labute approximate surface area is 82.8 Å². The van der Waals surface area contributed by atoms with E-state index in [9.17, 15) is 9.50 Å². The van der Waals surface area contributed by atoms with Gasteiger partial charge in [-0.1, -0.05) is 6.07 Å². The fourth-order valence-corrected chi connectivity index (χ4v) is 1.90. The molecule has 0 spiro atoms. The lowest BCUT2D eigenvalue weighted by molar-refractivity contribution is 0.172. The van der Waals surface area contributed by atoms with Crippen LogP contribution in [0.15, 0.2) is 24.3 Å². The maximum absolute atomic E-state index is 12.8. The van der Waals surface area contributed by atoms with E-state index >= 15 is 0 Å². The minimum atomic E-state index is -0.293. The van der Waals surface area contributed by atoms with Crippen LogP contribution in [0.3, 0.4) is 0 Å². The van der Waals surface area contributed by atoms with Crippen molar-refractivity contribution in [3.05, 3.63) is 30.1 Å². The molecule has 2 rings (SSSR count). The number of anilines is 1. The van der Waals surface area contributed by atoms with Gasteiger partial charge in [-0.2, -0.15) is 0 Å². The molecule has 0 heterocycles. The van der Waals surface area contributed by atoms with Crippen molar-refractivity contribution in [1.82, 2.24) is 0 Å². The predicted octanol–water partition coefficient (Wildman–Crippen LogP) is 2.15. The van der Waals surface area contributed by atoms with E-state index in [1.54, 1.807) is 6.07 Å². The van der Waals surface area contributed by atoms with E-state index in [4.69, 9.17) is 0 Å². The monoisotopic (exact) mass is 195 g/mol. The smallest absolute Gasteiger partial charge is 0.125 e. The number of hydrogen-bond acceptors (Lipinski definition) is 2. The van der Waals surface area contributed by atoms with Crippen LogP contribution in [0.25, 0.3) is 0 Å². The third kappa shape index (κ3) is 2.04. The summed E-state index contributed by atoms with van der Waals surface area (Å²) in [7, 11) is 0. The van der Waals surface area contributed by atoms with Crippen LogP contribution in [0, 0.1) is 5.82 Å². The molecule has 2 nitrogen and oxygen atoms in total. The average Bonchev–Trinajstić information content (AvgIpc) is 2.52. The fourth-order valence-electron chi connectivity index (χ4n) is 1.90. The van der Waals surface area contributed by atoms with Crippen LogP contribution in [0.1, 0.15) is 19.3 Å². The maximum atomic E-state index is 12.8. The Bertz CT molecular complexity index is 316. The van der Waals surface area contributed by atoms with E-state index in [2.05, 4.69) is 5.32 Å². The van der Waals surface area contributed by atoms with E-state index in [0.29, 0.717) is 0 Å². The van der Waals surface area contributed by atoms with Crippen molar-refractivity contribution in [2.24, 2.45) is 0 Å². The molecule has 1 aliphatic rings. The second-order valence-electron chi connectivity index (χ2n) is 3.76. The Morgan fingerprint density at radius 2 is 2.21 bits per heavy atom. The highest BCUT2D eigenvalue weighted by molar-refractivity contribution is 5.44. The third-order valence-corrected chi connectivity index (χ3v) is 2.66. The van der Waals surface area contributed by atoms with Crippen LogP contribution in [0.4, 0.5) is 10.1 Å². The lowest BCUT2D eigenvalue weighted by Crippen LogP contribution is -2.27. The third-order valence-electron chi connectivity index (χ3n) is 2.66. The molecule has 0 aliphatic heterocycles. The van der Waals surface area contributed by atoms with E-state index in [-0.39, 0.29) is 18.0 Å². The lowest BCUT2D eigenvalue weighted by atomic mass is 10.2. The van der Waals surface area contributed by atoms with Gasteiger partial charge < -0.3 is 10.4 Å². The molecule has 1 fully saturated rings. The van der Waals surface area contributed by atoms with Crippen LogP contribution in [0.5, 0.6) is 0 Å². The van der Waals surface area contributed by atoms with E-state index in [1.807, 2.05) is 6.07 Å². The molecule has 3 heteroatoms. The number of rotatable bonds is 2. The van der Waals surface area contributed by atoms with Gasteiger partial charge in [-0.25, -0.2) is 4.39 Å². The Morgan fingerprint density at radius 3 is 2.86 bits per heavy atom. The van der Waals surface area contributed by atoms with Crippen LogP contribution >= 0.6 is 0 Å². The normalized spacial score (nSPS) is 26.4. The maximum Gasteiger partial charge on any atom is 0.125 e. The molecule has 76 valence electrons. The van der Waals surface area contributed by atoms with Crippen molar-refractivity contribution in [2.75, 3.05) is 5.32 Å². The molecular weight excluding hydrogens is 181 g/mol. The summed E-state index contributed by atoms with van der Waals surface area (Å²) in [6.07, 6.45) is 2.54. The topological polar surface area (TPSA) is 32.3 Å². The van der Waals surface area contributed by atoms with Gasteiger partial charge in [-0.3, -0.25) is 0 Å². The summed E-state index contributed by atoms with van der Waals surface area (Å²) in [5.41, 5.74) is 0.746. The van der Waals surface area contributed by atoms with Crippen molar-refractivity contribution in [3.8, 4) is 0 Å². The molecule has 1 aromatic carbocycles. The number of aliphatic hydroxyl groups excluding tert-OH is 1. The molecule has 0 unspecified atom stereocenters. The number of nitrogens with one attached hydrogen (secondary N) is 1. The molecule has 0 amide bonds. The Hall–Kier alpha value is -1.09. The molecule has 2 atom stereocenters. The zero-order valence-electron chi connectivity index (χ0n) is 7.91. The van der Waals surface area contributed by atoms with Crippen LogP contribution < -0.4 is 5.32 Å². The van der Waals surface area contributed by atoms with Gasteiger partial charge in [0.25, 0.3) is 0 Å². The number of aliphatic hydroxyl groups is 1. The summed E-state index contributed by atoms with van der Waals surface area (Å²) < 4.78 is 12.8. The first kappa shape index (κ1) is 9.46. The van der Waals surface area contributed by atoms with Crippen molar-refractivity contribution in [2.45, 2.75) is 31.4 Å². The van der Waals surface area contributed by atoms with E-state index < -0.39 is 0 Å². The first-order valence-corrected chi connectivity index (χ1v) is 4.96. The molecule has 1 aliphatic carbocycles. The van der Waals surface area contributed by atoms with Crippen LogP contribution in [-0.4, -0.2) is 17.3 Å². The minimum Gasteiger partial charge on any atom is -0.391 e. The first-order valence-electron chi connectivity index (χ1n) is 4.96. The predicted molar refractivity (Wildman–Crippen MR) is 53.7 cm³/mol. The Morgan fingerprint density at radius 1 is 1.36 bits per heavy atom. The van der Waals surface area contributed by atoms with Gasteiger partial charge in [0.05, 0.1) is 12.1 Å². The first-order chi connectivity index (χ1) is 6.75. The van der Waals surface area contributed by atoms with E-state index in [0.717, 1.165) is 24.9 Å². The average molecular weight is 195 g/mol. The standard InChI is InChI=1S/C11H14FNO/c12-8-3-1-4-9(7-8)13-10-5-2-6-11(10)14/h1,3-4,7,10-11,13-14H,2,5-6H2/t10-,11+/m1/s1. The van der Waals surface area contributed by atoms with Gasteiger partial charge in [0.15, 0.2) is 0 Å². The van der Waals surface area contributed by atoms with Crippen LogP contribution in [0.2, 0.25) is 0 Å². The summed E-state index contributed by atoms with van der Waals surface area (Å²) in [4.78, 5) is 0. The summed E-state index contributed by atoms with van der Waals surface area (Å²) in [5.74, 6) is -0.248. The van der Waals surface area contributed by atoms with Crippen molar-refractivity contribution >= 4 is 5.69 Å². The Kier molecular flexibility index (Phi) is 2.68. The van der Waals surface area contributed by atoms with Gasteiger partial charge in [0.1, 0.15) is 5.82 Å². The highest BCUT2D eigenvalue weighted by Crippen LogP contribution is 2.23. The van der Waals surface area contributed by atoms with Crippen molar-refractivity contribution in [1.29, 1.82) is 0 Å². The zero-order valence-corrected chi connectivity index (χ0v) is 7.91. The minimum absolute atomic E-state index is 0.0804. The van der Waals surface area contributed by atoms with Gasteiger partial charge >= 0.3 is 0 Å². The summed E-state index contributed by atoms with van der Waals surface area (Å²) >= 11 is 0. The number of hydrogen-bond donors (Lipinski definition) is 2. The molecule has 2 N–H and O–H groups in total. The number of benzene rings is 1. The second-order valence-corrected chi connectivity index (χ2v) is 3.76. The highest BCUT2D eigenvalue weighted by Gasteiger charge is 2.24. The molecule has 0 radical (unpaired) electrons. The lowest BCUT2D eigenvalue weighted by Gasteiger charge is -2.17. The van der Waals surface area contributed by atoms with E-state index in [1.165, 1.54) is 12.1 Å². The molecule has 1 aromatic rings. The fraction of sp³-hybridized carbons (Fsp3) is 0.455. The van der Waals surface area contributed by atoms with Gasteiger partial charge in [-0.15, -0.1) is 0 Å². The summed E-state index contributed by atoms with van der Waals surface area (Å²) in [5, 5.41) is 12.7. The Balaban J connectivity index is 2.03. The van der Waals surface area contributed by atoms with Crippen LogP contribution in [-0.2, 0) is 0 Å². The molecule has 0 saturated heterocycles. The molecule has 0 bridgehead atoms. The zero-order chi connectivity index (χ0) is 9.97. The van der Waals surface area contributed by atoms with Gasteiger partial charge in [0, 0.05) is 5.69 Å². The number of halogens is 1. The van der Waals surface area contributed by atoms with Crippen molar-refractivity contribution < 1.29 is 9.50 Å². The second kappa shape index (κ2) is 3.96. The SMILES string of the molecule is O[C@H]1CCC[C@H]1Nc1cccc(F)c1. The largest absolute Gasteiger partial charge is 0.391 e. The highest BCUT2D eigenvalue weighted by atomic mass is 19.1.